The van der Waals surface area contributed by atoms with Gasteiger partial charge in [-0.05, 0) is 54.8 Å². The Kier molecular flexibility index (Phi) is 3.55. The number of hydrogen-bond donors (Lipinski definition) is 1. The van der Waals surface area contributed by atoms with E-state index in [0.29, 0.717) is 11.1 Å². The monoisotopic (exact) mass is 316 g/mol. The molecule has 4 rings (SSSR count). The van der Waals surface area contributed by atoms with Crippen LogP contribution in [0, 0.1) is 5.82 Å². The molecule has 1 N–H and O–H groups in total. The van der Waals surface area contributed by atoms with E-state index in [1.165, 1.54) is 29.8 Å². The minimum atomic E-state index is -0.298. The Morgan fingerprint density at radius 3 is 2.91 bits per heavy atom. The van der Waals surface area contributed by atoms with Gasteiger partial charge in [-0.3, -0.25) is 0 Å². The summed E-state index contributed by atoms with van der Waals surface area (Å²) in [6.07, 6.45) is 2.30. The Morgan fingerprint density at radius 1 is 1.14 bits per heavy atom. The van der Waals surface area contributed by atoms with Crippen LogP contribution in [0.5, 0.6) is 0 Å². The molecule has 1 saturated heterocycles. The maximum Gasteiger partial charge on any atom is 0.124 e. The van der Waals surface area contributed by atoms with Crippen LogP contribution >= 0.6 is 11.6 Å². The molecule has 2 aromatic carbocycles. The second kappa shape index (κ2) is 5.56. The van der Waals surface area contributed by atoms with Gasteiger partial charge in [-0.25, -0.2) is 4.39 Å². The third-order valence-corrected chi connectivity index (χ3v) is 5.03. The number of benzene rings is 2. The normalized spacial score (nSPS) is 20.5. The summed E-state index contributed by atoms with van der Waals surface area (Å²) in [5, 5.41) is 3.93. The van der Waals surface area contributed by atoms with Gasteiger partial charge in [-0.2, -0.15) is 0 Å². The van der Waals surface area contributed by atoms with Crippen LogP contribution in [-0.2, 0) is 6.42 Å². The summed E-state index contributed by atoms with van der Waals surface area (Å²) in [6, 6.07) is 11.7. The highest BCUT2D eigenvalue weighted by Crippen LogP contribution is 2.38. The molecule has 2 aliphatic rings. The summed E-state index contributed by atoms with van der Waals surface area (Å²) in [7, 11) is 0. The van der Waals surface area contributed by atoms with Crippen molar-refractivity contribution in [1.29, 1.82) is 0 Å². The summed E-state index contributed by atoms with van der Waals surface area (Å²) in [5.74, 6) is -0.298. The summed E-state index contributed by atoms with van der Waals surface area (Å²) in [6.45, 7) is 3.15. The fraction of sp³-hybridized carbons (Fsp3) is 0.333. The average Bonchev–Trinajstić information content (AvgIpc) is 2.68. The highest BCUT2D eigenvalue weighted by atomic mass is 35.5. The lowest BCUT2D eigenvalue weighted by Gasteiger charge is -2.25. The molecule has 2 aliphatic heterocycles. The highest BCUT2D eigenvalue weighted by molar-refractivity contribution is 6.33. The number of nitrogens with zero attached hydrogens (tertiary/aromatic N) is 1. The van der Waals surface area contributed by atoms with Crippen LogP contribution in [0.4, 0.5) is 10.1 Å². The Hall–Kier alpha value is -1.58. The lowest BCUT2D eigenvalue weighted by atomic mass is 10.0. The molecule has 22 heavy (non-hydrogen) atoms. The van der Waals surface area contributed by atoms with E-state index in [9.17, 15) is 4.39 Å². The predicted molar refractivity (Wildman–Crippen MR) is 89.2 cm³/mol. The molecule has 0 aliphatic carbocycles. The zero-order valence-corrected chi connectivity index (χ0v) is 13.0. The molecule has 2 heterocycles. The number of fused-ring (bicyclic) bond motifs is 3. The molecule has 0 spiro atoms. The predicted octanol–water partition coefficient (Wildman–Crippen LogP) is 3.87. The lowest BCUT2D eigenvalue weighted by Crippen LogP contribution is -2.32. The molecule has 2 aromatic rings. The van der Waals surface area contributed by atoms with E-state index in [2.05, 4.69) is 28.4 Å². The van der Waals surface area contributed by atoms with Crippen LogP contribution in [-0.4, -0.2) is 25.7 Å². The molecule has 2 nitrogen and oxygen atoms in total. The summed E-state index contributed by atoms with van der Waals surface area (Å²) in [5.41, 5.74) is 4.67. The molecular weight excluding hydrogens is 299 g/mol. The third kappa shape index (κ3) is 2.38. The first-order valence-corrected chi connectivity index (χ1v) is 8.16. The molecule has 0 bridgehead atoms. The summed E-state index contributed by atoms with van der Waals surface area (Å²) >= 11 is 6.21. The molecule has 1 fully saturated rings. The van der Waals surface area contributed by atoms with E-state index in [1.54, 1.807) is 6.07 Å². The lowest BCUT2D eigenvalue weighted by molar-refractivity contribution is 0.612. The molecule has 114 valence electrons. The van der Waals surface area contributed by atoms with Gasteiger partial charge in [0.05, 0.1) is 5.02 Å². The number of anilines is 1. The number of rotatable bonds is 1. The van der Waals surface area contributed by atoms with Crippen molar-refractivity contribution in [3.63, 3.8) is 0 Å². The number of hydrogen-bond acceptors (Lipinski definition) is 2. The molecule has 0 aromatic heterocycles. The zero-order chi connectivity index (χ0) is 15.1. The van der Waals surface area contributed by atoms with Gasteiger partial charge < -0.3 is 10.2 Å². The number of halogens is 2. The van der Waals surface area contributed by atoms with Crippen LogP contribution in [0.25, 0.3) is 11.1 Å². The maximum atomic E-state index is 13.2. The topological polar surface area (TPSA) is 15.3 Å². The van der Waals surface area contributed by atoms with Crippen molar-refractivity contribution in [3.05, 3.63) is 52.8 Å². The van der Waals surface area contributed by atoms with Gasteiger partial charge in [0.1, 0.15) is 5.82 Å². The van der Waals surface area contributed by atoms with E-state index < -0.39 is 0 Å². The second-order valence-corrected chi connectivity index (χ2v) is 6.46. The Labute approximate surface area is 134 Å². The molecule has 0 amide bonds. The smallest absolute Gasteiger partial charge is 0.124 e. The molecular formula is C18H18ClFN2. The van der Waals surface area contributed by atoms with E-state index in [4.69, 9.17) is 11.6 Å². The second-order valence-electron chi connectivity index (χ2n) is 6.06. The van der Waals surface area contributed by atoms with Gasteiger partial charge in [0.25, 0.3) is 0 Å². The van der Waals surface area contributed by atoms with Crippen molar-refractivity contribution < 1.29 is 4.39 Å². The quantitative estimate of drug-likeness (QED) is 0.859. The van der Waals surface area contributed by atoms with Gasteiger partial charge >= 0.3 is 0 Å². The van der Waals surface area contributed by atoms with Gasteiger partial charge in [-0.15, -0.1) is 0 Å². The van der Waals surface area contributed by atoms with Crippen LogP contribution in [0.1, 0.15) is 12.0 Å². The van der Waals surface area contributed by atoms with Gasteiger partial charge in [0.2, 0.25) is 0 Å². The summed E-state index contributed by atoms with van der Waals surface area (Å²) < 4.78 is 13.2. The van der Waals surface area contributed by atoms with E-state index >= 15 is 0 Å². The van der Waals surface area contributed by atoms with Crippen molar-refractivity contribution in [2.45, 2.75) is 18.9 Å². The fourth-order valence-corrected chi connectivity index (χ4v) is 3.89. The molecule has 0 radical (unpaired) electrons. The van der Waals surface area contributed by atoms with Crippen molar-refractivity contribution in [1.82, 2.24) is 5.32 Å². The zero-order valence-electron chi connectivity index (χ0n) is 12.3. The Balaban J connectivity index is 1.74. The standard InChI is InChI=1S/C18H18ClFN2/c19-17-11-14(20)3-4-16(17)12-1-2-13-9-15-5-6-21-7-8-22(15)18(13)10-12/h1-4,10-11,15,21H,5-9H2. The van der Waals surface area contributed by atoms with E-state index in [-0.39, 0.29) is 5.82 Å². The van der Waals surface area contributed by atoms with Crippen LogP contribution < -0.4 is 10.2 Å². The first-order chi connectivity index (χ1) is 10.7. The maximum absolute atomic E-state index is 13.2. The van der Waals surface area contributed by atoms with Gasteiger partial charge in [0.15, 0.2) is 0 Å². The van der Waals surface area contributed by atoms with Crippen molar-refractivity contribution in [2.75, 3.05) is 24.5 Å². The van der Waals surface area contributed by atoms with Gasteiger partial charge in [-0.1, -0.05) is 23.7 Å². The average molecular weight is 317 g/mol. The van der Waals surface area contributed by atoms with Crippen LogP contribution in [0.15, 0.2) is 36.4 Å². The molecule has 1 unspecified atom stereocenters. The SMILES string of the molecule is Fc1ccc(-c2ccc3c(c2)N2CCNCCC2C3)c(Cl)c1. The summed E-state index contributed by atoms with van der Waals surface area (Å²) in [4.78, 5) is 2.51. The first kappa shape index (κ1) is 14.0. The molecule has 4 heteroatoms. The third-order valence-electron chi connectivity index (χ3n) is 4.72. The van der Waals surface area contributed by atoms with Crippen molar-refractivity contribution in [2.24, 2.45) is 0 Å². The van der Waals surface area contributed by atoms with Crippen LogP contribution in [0.2, 0.25) is 5.02 Å². The van der Waals surface area contributed by atoms with Gasteiger partial charge in [0, 0.05) is 30.4 Å². The van der Waals surface area contributed by atoms with Crippen LogP contribution in [0.3, 0.4) is 0 Å². The highest BCUT2D eigenvalue weighted by Gasteiger charge is 2.30. The first-order valence-electron chi connectivity index (χ1n) is 7.78. The largest absolute Gasteiger partial charge is 0.367 e. The minimum Gasteiger partial charge on any atom is -0.367 e. The Bertz CT molecular complexity index is 716. The number of nitrogens with one attached hydrogen (secondary N) is 1. The fourth-order valence-electron chi connectivity index (χ4n) is 3.61. The molecule has 0 saturated carbocycles. The minimum absolute atomic E-state index is 0.298. The van der Waals surface area contributed by atoms with E-state index in [1.807, 2.05) is 0 Å². The Morgan fingerprint density at radius 2 is 2.05 bits per heavy atom. The molecule has 1 atom stereocenters. The van der Waals surface area contributed by atoms with Crippen molar-refractivity contribution in [3.8, 4) is 11.1 Å². The van der Waals surface area contributed by atoms with Crippen molar-refractivity contribution >= 4 is 17.3 Å². The van der Waals surface area contributed by atoms with E-state index in [0.717, 1.165) is 37.2 Å².